The van der Waals surface area contributed by atoms with E-state index >= 15 is 0 Å². The first kappa shape index (κ1) is 24.8. The van der Waals surface area contributed by atoms with Gasteiger partial charge in [-0.05, 0) is 51.2 Å². The number of likely N-dealkylation sites (tertiary alicyclic amines) is 2. The first-order valence-electron chi connectivity index (χ1n) is 12.8. The lowest BCUT2D eigenvalue weighted by Gasteiger charge is -2.38. The topological polar surface area (TPSA) is 65.6 Å². The van der Waals surface area contributed by atoms with Crippen LogP contribution in [0.5, 0.6) is 11.5 Å². The molecule has 3 fully saturated rings. The van der Waals surface area contributed by atoms with E-state index in [1.165, 1.54) is 6.42 Å². The van der Waals surface area contributed by atoms with Gasteiger partial charge in [-0.3, -0.25) is 19.4 Å². The first-order chi connectivity index (χ1) is 16.5. The van der Waals surface area contributed by atoms with Crippen molar-refractivity contribution in [2.75, 3.05) is 66.6 Å². The minimum absolute atomic E-state index is 0.0406. The monoisotopic (exact) mass is 472 g/mol. The van der Waals surface area contributed by atoms with Gasteiger partial charge in [0.1, 0.15) is 11.5 Å². The van der Waals surface area contributed by atoms with Gasteiger partial charge in [0, 0.05) is 56.9 Å². The maximum Gasteiger partial charge on any atom is 0.237 e. The van der Waals surface area contributed by atoms with Crippen LogP contribution in [0.2, 0.25) is 0 Å². The Morgan fingerprint density at radius 3 is 2.09 bits per heavy atom. The number of piperidine rings is 1. The first-order valence-corrected chi connectivity index (χ1v) is 12.8. The molecule has 3 heterocycles. The van der Waals surface area contributed by atoms with E-state index in [0.29, 0.717) is 19.1 Å². The lowest BCUT2D eigenvalue weighted by Crippen LogP contribution is -2.53. The molecule has 8 heteroatoms. The third kappa shape index (κ3) is 5.66. The second kappa shape index (κ2) is 11.4. The molecule has 34 heavy (non-hydrogen) atoms. The van der Waals surface area contributed by atoms with E-state index < -0.39 is 0 Å². The van der Waals surface area contributed by atoms with E-state index in [1.54, 1.807) is 14.2 Å². The fourth-order valence-corrected chi connectivity index (χ4v) is 5.62. The summed E-state index contributed by atoms with van der Waals surface area (Å²) in [6, 6.07) is 6.25. The molecule has 0 aromatic heterocycles. The summed E-state index contributed by atoms with van der Waals surface area (Å²) in [7, 11) is 3.30. The zero-order valence-corrected chi connectivity index (χ0v) is 21.0. The maximum absolute atomic E-state index is 13.3. The Morgan fingerprint density at radius 1 is 0.824 bits per heavy atom. The van der Waals surface area contributed by atoms with Gasteiger partial charge >= 0.3 is 0 Å². The van der Waals surface area contributed by atoms with E-state index in [9.17, 15) is 9.59 Å². The smallest absolute Gasteiger partial charge is 0.237 e. The Morgan fingerprint density at radius 2 is 1.47 bits per heavy atom. The van der Waals surface area contributed by atoms with Crippen LogP contribution >= 0.6 is 0 Å². The van der Waals surface area contributed by atoms with Gasteiger partial charge in [-0.25, -0.2) is 0 Å². The highest BCUT2D eigenvalue weighted by atomic mass is 16.5. The van der Waals surface area contributed by atoms with Gasteiger partial charge in [-0.2, -0.15) is 0 Å². The number of hydrogen-bond donors (Lipinski definition) is 0. The Labute approximate surface area is 203 Å². The number of ether oxygens (including phenoxy) is 2. The molecule has 3 aliphatic rings. The molecule has 0 spiro atoms. The number of benzene rings is 1. The summed E-state index contributed by atoms with van der Waals surface area (Å²) >= 11 is 0. The van der Waals surface area contributed by atoms with Crippen LogP contribution in [-0.2, 0) is 9.59 Å². The third-order valence-corrected chi connectivity index (χ3v) is 7.68. The van der Waals surface area contributed by atoms with Gasteiger partial charge < -0.3 is 19.3 Å². The lowest BCUT2D eigenvalue weighted by atomic mass is 10.0. The molecule has 0 aliphatic carbocycles. The number of hydrogen-bond acceptors (Lipinski definition) is 6. The van der Waals surface area contributed by atoms with Crippen molar-refractivity contribution in [2.24, 2.45) is 0 Å². The van der Waals surface area contributed by atoms with Crippen LogP contribution in [-0.4, -0.2) is 104 Å². The number of nitrogens with zero attached hydrogens (tertiary/aromatic N) is 4. The van der Waals surface area contributed by atoms with Crippen LogP contribution in [0.15, 0.2) is 18.2 Å². The van der Waals surface area contributed by atoms with Crippen molar-refractivity contribution in [1.82, 2.24) is 19.6 Å². The third-order valence-electron chi connectivity index (χ3n) is 7.68. The lowest BCUT2D eigenvalue weighted by molar-refractivity contribution is -0.137. The van der Waals surface area contributed by atoms with Crippen LogP contribution in [0.25, 0.3) is 0 Å². The van der Waals surface area contributed by atoms with Gasteiger partial charge in [0.05, 0.1) is 33.4 Å². The number of carbonyl (C=O) groups excluding carboxylic acids is 2. The van der Waals surface area contributed by atoms with Gasteiger partial charge in [0.2, 0.25) is 11.8 Å². The molecule has 0 bridgehead atoms. The molecule has 0 saturated carbocycles. The second-order valence-corrected chi connectivity index (χ2v) is 9.84. The number of piperazine rings is 1. The molecule has 8 nitrogen and oxygen atoms in total. The van der Waals surface area contributed by atoms with Crippen LogP contribution in [0.1, 0.15) is 50.6 Å². The molecule has 3 aliphatic heterocycles. The van der Waals surface area contributed by atoms with Crippen molar-refractivity contribution in [1.29, 1.82) is 0 Å². The Bertz CT molecular complexity index is 855. The summed E-state index contributed by atoms with van der Waals surface area (Å²) in [5.74, 6) is 1.95. The summed E-state index contributed by atoms with van der Waals surface area (Å²) in [5, 5.41) is 0. The minimum Gasteiger partial charge on any atom is -0.497 e. The van der Waals surface area contributed by atoms with Crippen molar-refractivity contribution in [3.8, 4) is 11.5 Å². The molecule has 2 atom stereocenters. The average Bonchev–Trinajstić information content (AvgIpc) is 3.35. The van der Waals surface area contributed by atoms with Gasteiger partial charge in [0.15, 0.2) is 0 Å². The van der Waals surface area contributed by atoms with Crippen molar-refractivity contribution in [2.45, 2.75) is 51.1 Å². The predicted octanol–water partition coefficient (Wildman–Crippen LogP) is 2.39. The quantitative estimate of drug-likeness (QED) is 0.607. The number of carbonyl (C=O) groups is 2. The molecule has 1 aromatic carbocycles. The molecule has 0 N–H and O–H groups in total. The molecular weight excluding hydrogens is 432 g/mol. The number of amides is 2. The molecule has 3 saturated heterocycles. The van der Waals surface area contributed by atoms with Gasteiger partial charge in [-0.1, -0.05) is 0 Å². The van der Waals surface area contributed by atoms with Crippen molar-refractivity contribution < 1.29 is 19.1 Å². The average molecular weight is 473 g/mol. The second-order valence-electron chi connectivity index (χ2n) is 9.84. The molecule has 4 rings (SSSR count). The number of methoxy groups -OCH3 is 2. The van der Waals surface area contributed by atoms with E-state index in [1.807, 2.05) is 23.1 Å². The highest BCUT2D eigenvalue weighted by Crippen LogP contribution is 2.38. The zero-order chi connectivity index (χ0) is 24.1. The van der Waals surface area contributed by atoms with Crippen molar-refractivity contribution in [3.63, 3.8) is 0 Å². The fraction of sp³-hybridized carbons (Fsp3) is 0.692. The number of rotatable bonds is 7. The summed E-state index contributed by atoms with van der Waals surface area (Å²) < 4.78 is 10.9. The summed E-state index contributed by atoms with van der Waals surface area (Å²) in [6.07, 6.45) is 5.39. The van der Waals surface area contributed by atoms with Gasteiger partial charge in [0.25, 0.3) is 0 Å². The molecule has 188 valence electrons. The summed E-state index contributed by atoms with van der Waals surface area (Å²) in [5.41, 5.74) is 1.05. The summed E-state index contributed by atoms with van der Waals surface area (Å²) in [6.45, 7) is 8.06. The van der Waals surface area contributed by atoms with Crippen LogP contribution < -0.4 is 9.47 Å². The van der Waals surface area contributed by atoms with E-state index in [0.717, 1.165) is 82.0 Å². The molecule has 2 unspecified atom stereocenters. The Hall–Kier alpha value is -2.32. The molecular formula is C26H40N4O4. The van der Waals surface area contributed by atoms with Crippen LogP contribution in [0.3, 0.4) is 0 Å². The highest BCUT2D eigenvalue weighted by molar-refractivity contribution is 5.79. The normalized spacial score (nSPS) is 24.3. The van der Waals surface area contributed by atoms with Crippen LogP contribution in [0, 0.1) is 0 Å². The molecule has 1 aromatic rings. The van der Waals surface area contributed by atoms with Crippen molar-refractivity contribution >= 4 is 11.8 Å². The highest BCUT2D eigenvalue weighted by Gasteiger charge is 2.33. The van der Waals surface area contributed by atoms with E-state index in [-0.39, 0.29) is 17.9 Å². The fourth-order valence-electron chi connectivity index (χ4n) is 5.62. The van der Waals surface area contributed by atoms with Crippen molar-refractivity contribution in [3.05, 3.63) is 23.8 Å². The predicted molar refractivity (Wildman–Crippen MR) is 131 cm³/mol. The standard InChI is InChI=1S/C26H40N4O4/c1-20-7-4-5-11-29(20)25(31)18-27-13-15-28(16-14-27)19-26(32)30-12-6-8-23(30)22-10-9-21(33-2)17-24(22)34-3/h9-10,17,20,23H,4-8,11-16,18-19H2,1-3H3. The van der Waals surface area contributed by atoms with Crippen LogP contribution in [0.4, 0.5) is 0 Å². The maximum atomic E-state index is 13.3. The Kier molecular flexibility index (Phi) is 8.32. The van der Waals surface area contributed by atoms with E-state index in [2.05, 4.69) is 21.6 Å². The molecule has 2 amide bonds. The Balaban J connectivity index is 1.28. The SMILES string of the molecule is COc1ccc(C2CCCN2C(=O)CN2CCN(CC(=O)N3CCCCC3C)CC2)c(OC)c1. The largest absolute Gasteiger partial charge is 0.497 e. The van der Waals surface area contributed by atoms with E-state index in [4.69, 9.17) is 9.47 Å². The minimum atomic E-state index is 0.0406. The van der Waals surface area contributed by atoms with Gasteiger partial charge in [-0.15, -0.1) is 0 Å². The molecule has 0 radical (unpaired) electrons. The summed E-state index contributed by atoms with van der Waals surface area (Å²) in [4.78, 5) is 34.6. The zero-order valence-electron chi connectivity index (χ0n) is 21.0.